The lowest BCUT2D eigenvalue weighted by Crippen LogP contribution is -2.39. The number of rotatable bonds is 7. The summed E-state index contributed by atoms with van der Waals surface area (Å²) in [6, 6.07) is 0. The lowest BCUT2D eigenvalue weighted by molar-refractivity contribution is -0.110. The van der Waals surface area contributed by atoms with Crippen LogP contribution < -0.4 is 0 Å². The summed E-state index contributed by atoms with van der Waals surface area (Å²) in [5.74, 6) is 4.10. The maximum atomic E-state index is 6.61. The smallest absolute Gasteiger partial charge is 0.0911 e. The molecule has 0 saturated carbocycles. The Morgan fingerprint density at radius 2 is 2.22 bits per heavy atom. The van der Waals surface area contributed by atoms with Crippen LogP contribution in [0, 0.1) is 17.8 Å². The second-order valence-electron chi connectivity index (χ2n) is 8.00. The third kappa shape index (κ3) is 3.43. The van der Waals surface area contributed by atoms with Crippen molar-refractivity contribution in [3.8, 4) is 0 Å². The summed E-state index contributed by atoms with van der Waals surface area (Å²) in [5.41, 5.74) is -0.164. The molecule has 3 rings (SSSR count). The summed E-state index contributed by atoms with van der Waals surface area (Å²) in [7, 11) is 0. The number of thioether (sulfide) groups is 1. The molecule has 0 spiro atoms. The maximum Gasteiger partial charge on any atom is 0.0911 e. The highest BCUT2D eigenvalue weighted by Crippen LogP contribution is 2.50. The average molecular weight is 337 g/mol. The second-order valence-corrected chi connectivity index (χ2v) is 9.15. The van der Waals surface area contributed by atoms with Crippen LogP contribution in [0.4, 0.5) is 0 Å². The molecule has 1 aliphatic carbocycles. The van der Waals surface area contributed by atoms with Gasteiger partial charge in [0.05, 0.1) is 23.4 Å². The van der Waals surface area contributed by atoms with E-state index in [1.54, 1.807) is 0 Å². The van der Waals surface area contributed by atoms with Gasteiger partial charge in [0.2, 0.25) is 0 Å². The summed E-state index contributed by atoms with van der Waals surface area (Å²) in [6.07, 6.45) is 10.3. The van der Waals surface area contributed by atoms with E-state index in [0.717, 1.165) is 19.3 Å². The van der Waals surface area contributed by atoms with Crippen LogP contribution >= 0.6 is 11.8 Å². The molecular weight excluding hydrogens is 304 g/mol. The van der Waals surface area contributed by atoms with Gasteiger partial charge in [0.1, 0.15) is 0 Å². The van der Waals surface area contributed by atoms with Crippen molar-refractivity contribution in [2.75, 3.05) is 11.5 Å². The predicted octanol–water partition coefficient (Wildman–Crippen LogP) is 4.85. The van der Waals surface area contributed by atoms with Crippen LogP contribution in [-0.4, -0.2) is 34.9 Å². The van der Waals surface area contributed by atoms with Crippen molar-refractivity contribution in [1.29, 1.82) is 0 Å². The molecule has 0 bridgehead atoms. The monoisotopic (exact) mass is 336 g/mol. The zero-order valence-corrected chi connectivity index (χ0v) is 15.9. The Hall–Kier alpha value is -0.250. The van der Waals surface area contributed by atoms with Gasteiger partial charge < -0.3 is 9.47 Å². The Morgan fingerprint density at radius 3 is 2.78 bits per heavy atom. The van der Waals surface area contributed by atoms with Gasteiger partial charge in [0, 0.05) is 18.3 Å². The van der Waals surface area contributed by atoms with Gasteiger partial charge in [0.15, 0.2) is 0 Å². The van der Waals surface area contributed by atoms with Crippen LogP contribution in [0.5, 0.6) is 0 Å². The molecule has 2 aliphatic heterocycles. The minimum Gasteiger partial charge on any atom is -0.371 e. The fourth-order valence-corrected chi connectivity index (χ4v) is 5.78. The van der Waals surface area contributed by atoms with Crippen molar-refractivity contribution in [3.63, 3.8) is 0 Å². The summed E-state index contributed by atoms with van der Waals surface area (Å²) in [6.45, 7) is 13.1. The molecule has 130 valence electrons. The minimum atomic E-state index is -0.0822. The normalized spacial score (nSPS) is 38.3. The first-order valence-electron chi connectivity index (χ1n) is 9.17. The van der Waals surface area contributed by atoms with Gasteiger partial charge in [-0.1, -0.05) is 32.1 Å². The molecule has 23 heavy (non-hydrogen) atoms. The standard InChI is InChI=1S/C20H32O2S/c1-6-16(21-19(4,5)15-8-9-15)12-18-14(3)17-13-23-11-10-20(17,7-2)22-18/h7-9,14-18H,2,6,10-13H2,1,3-5H3/t14?,16?,17?,18-,20+/m1/s1. The molecule has 2 nitrogen and oxygen atoms in total. The van der Waals surface area contributed by atoms with Gasteiger partial charge in [-0.05, 0) is 44.1 Å². The van der Waals surface area contributed by atoms with E-state index in [1.807, 2.05) is 0 Å². The Labute approximate surface area is 146 Å². The Bertz CT molecular complexity index is 466. The van der Waals surface area contributed by atoms with Crippen molar-refractivity contribution < 1.29 is 9.47 Å². The molecule has 2 fully saturated rings. The first-order valence-corrected chi connectivity index (χ1v) is 10.3. The van der Waals surface area contributed by atoms with Crippen molar-refractivity contribution >= 4 is 11.8 Å². The first-order chi connectivity index (χ1) is 10.9. The molecule has 3 unspecified atom stereocenters. The molecule has 0 aromatic heterocycles. The van der Waals surface area contributed by atoms with Crippen LogP contribution in [0.1, 0.15) is 47.0 Å². The summed E-state index contributed by atoms with van der Waals surface area (Å²) in [5, 5.41) is 0. The minimum absolute atomic E-state index is 0.0821. The number of ether oxygens (including phenoxy) is 2. The first kappa shape index (κ1) is 17.6. The predicted molar refractivity (Wildman–Crippen MR) is 98.9 cm³/mol. The summed E-state index contributed by atoms with van der Waals surface area (Å²) in [4.78, 5) is 0. The molecule has 0 aromatic carbocycles. The van der Waals surface area contributed by atoms with Gasteiger partial charge in [-0.2, -0.15) is 11.8 Å². The largest absolute Gasteiger partial charge is 0.371 e. The van der Waals surface area contributed by atoms with E-state index in [9.17, 15) is 0 Å². The highest BCUT2D eigenvalue weighted by molar-refractivity contribution is 7.99. The molecule has 0 N–H and O–H groups in total. The molecule has 2 saturated heterocycles. The van der Waals surface area contributed by atoms with E-state index >= 15 is 0 Å². The highest BCUT2D eigenvalue weighted by atomic mass is 32.2. The zero-order valence-electron chi connectivity index (χ0n) is 15.1. The van der Waals surface area contributed by atoms with Crippen molar-refractivity contribution in [2.24, 2.45) is 17.8 Å². The fraction of sp³-hybridized carbons (Fsp3) is 0.800. The second kappa shape index (κ2) is 6.57. The van der Waals surface area contributed by atoms with Crippen LogP contribution in [0.2, 0.25) is 0 Å². The topological polar surface area (TPSA) is 18.5 Å². The van der Waals surface area contributed by atoms with Gasteiger partial charge in [-0.3, -0.25) is 0 Å². The van der Waals surface area contributed by atoms with E-state index in [0.29, 0.717) is 23.9 Å². The van der Waals surface area contributed by atoms with Gasteiger partial charge >= 0.3 is 0 Å². The lowest BCUT2D eigenvalue weighted by atomic mass is 9.79. The molecule has 5 atom stereocenters. The van der Waals surface area contributed by atoms with Crippen molar-refractivity contribution in [1.82, 2.24) is 0 Å². The van der Waals surface area contributed by atoms with Crippen molar-refractivity contribution in [2.45, 2.75) is 70.4 Å². The Kier molecular flexibility index (Phi) is 5.02. The molecule has 0 amide bonds. The van der Waals surface area contributed by atoms with E-state index in [1.165, 1.54) is 11.5 Å². The third-order valence-corrected chi connectivity index (χ3v) is 7.20. The zero-order chi connectivity index (χ0) is 16.7. The lowest BCUT2D eigenvalue weighted by Gasteiger charge is -2.36. The van der Waals surface area contributed by atoms with Gasteiger partial charge in [0.25, 0.3) is 0 Å². The Morgan fingerprint density at radius 1 is 1.48 bits per heavy atom. The van der Waals surface area contributed by atoms with Crippen LogP contribution in [0.3, 0.4) is 0 Å². The number of fused-ring (bicyclic) bond motifs is 1. The average Bonchev–Trinajstić information content (AvgIpc) is 3.35. The van der Waals surface area contributed by atoms with E-state index < -0.39 is 0 Å². The Balaban J connectivity index is 1.65. The van der Waals surface area contributed by atoms with E-state index in [-0.39, 0.29) is 17.3 Å². The number of hydrogen-bond acceptors (Lipinski definition) is 3. The van der Waals surface area contributed by atoms with E-state index in [4.69, 9.17) is 9.47 Å². The molecule has 3 aliphatic rings. The molecular formula is C20H32O2S. The van der Waals surface area contributed by atoms with Gasteiger partial charge in [-0.25, -0.2) is 0 Å². The highest BCUT2D eigenvalue weighted by Gasteiger charge is 2.52. The van der Waals surface area contributed by atoms with Crippen molar-refractivity contribution in [3.05, 3.63) is 24.8 Å². The SMILES string of the molecule is C=C[C@]12CCSCC1C(C)[C@@H](CC(CC)OC(C)(C)C1C=C1)O2. The van der Waals surface area contributed by atoms with Gasteiger partial charge in [-0.15, -0.1) is 6.58 Å². The molecule has 0 radical (unpaired) electrons. The van der Waals surface area contributed by atoms with Crippen LogP contribution in [0.25, 0.3) is 0 Å². The van der Waals surface area contributed by atoms with E-state index in [2.05, 4.69) is 64.3 Å². The summed E-state index contributed by atoms with van der Waals surface area (Å²) >= 11 is 2.07. The molecule has 0 aromatic rings. The van der Waals surface area contributed by atoms with Crippen LogP contribution in [-0.2, 0) is 9.47 Å². The third-order valence-electron chi connectivity index (χ3n) is 6.11. The maximum absolute atomic E-state index is 6.61. The molecule has 2 heterocycles. The summed E-state index contributed by atoms with van der Waals surface area (Å²) < 4.78 is 13.1. The molecule has 3 heteroatoms. The quantitative estimate of drug-likeness (QED) is 0.619. The van der Waals surface area contributed by atoms with Crippen LogP contribution in [0.15, 0.2) is 24.8 Å². The fourth-order valence-electron chi connectivity index (χ4n) is 4.31. The number of hydrogen-bond donors (Lipinski definition) is 0.